The highest BCUT2D eigenvalue weighted by Crippen LogP contribution is 2.16. The predicted molar refractivity (Wildman–Crippen MR) is 65.5 cm³/mol. The highest BCUT2D eigenvalue weighted by atomic mass is 16.5. The fourth-order valence-corrected chi connectivity index (χ4v) is 1.58. The van der Waals surface area contributed by atoms with Gasteiger partial charge in [-0.3, -0.25) is 11.1 Å². The van der Waals surface area contributed by atoms with Crippen molar-refractivity contribution < 1.29 is 4.74 Å². The summed E-state index contributed by atoms with van der Waals surface area (Å²) in [5.74, 6) is 0.112. The molecule has 0 aromatic heterocycles. The number of nitrogens with one attached hydrogen (secondary N) is 1. The monoisotopic (exact) mass is 214 g/mol. The van der Waals surface area contributed by atoms with Crippen molar-refractivity contribution in [1.82, 2.24) is 0 Å². The van der Waals surface area contributed by atoms with Gasteiger partial charge in [-0.1, -0.05) is 30.3 Å². The molecule has 0 fully saturated rings. The molecule has 2 rings (SSSR count). The lowest BCUT2D eigenvalue weighted by molar-refractivity contribution is 0.215. The Labute approximate surface area is 94.3 Å². The van der Waals surface area contributed by atoms with Gasteiger partial charge in [0.2, 0.25) is 5.90 Å². The Kier molecular flexibility index (Phi) is 2.88. The first-order valence-electron chi connectivity index (χ1n) is 5.17. The zero-order chi connectivity index (χ0) is 11.5. The SMILES string of the molecule is CC(N)OC(=N)c1ccc2ccccc2c1. The average Bonchev–Trinajstić information content (AvgIpc) is 2.27. The molecule has 0 saturated carbocycles. The minimum atomic E-state index is -0.459. The summed E-state index contributed by atoms with van der Waals surface area (Å²) in [7, 11) is 0. The van der Waals surface area contributed by atoms with E-state index in [0.29, 0.717) is 0 Å². The summed E-state index contributed by atoms with van der Waals surface area (Å²) in [6.07, 6.45) is -0.459. The van der Waals surface area contributed by atoms with E-state index in [2.05, 4.69) is 0 Å². The fourth-order valence-electron chi connectivity index (χ4n) is 1.58. The van der Waals surface area contributed by atoms with Crippen LogP contribution in [0.15, 0.2) is 42.5 Å². The molecule has 0 radical (unpaired) electrons. The lowest BCUT2D eigenvalue weighted by atomic mass is 10.1. The van der Waals surface area contributed by atoms with Gasteiger partial charge in [0.15, 0.2) is 0 Å². The van der Waals surface area contributed by atoms with Crippen LogP contribution >= 0.6 is 0 Å². The molecule has 0 aliphatic carbocycles. The lowest BCUT2D eigenvalue weighted by Gasteiger charge is -2.10. The molecule has 0 spiro atoms. The Balaban J connectivity index is 2.35. The summed E-state index contributed by atoms with van der Waals surface area (Å²) in [6, 6.07) is 13.8. The zero-order valence-corrected chi connectivity index (χ0v) is 9.10. The number of hydrogen-bond donors (Lipinski definition) is 2. The van der Waals surface area contributed by atoms with Crippen LogP contribution in [0, 0.1) is 5.41 Å². The minimum Gasteiger partial charge on any atom is -0.459 e. The maximum Gasteiger partial charge on any atom is 0.214 e. The van der Waals surface area contributed by atoms with E-state index in [1.807, 2.05) is 42.5 Å². The Hall–Kier alpha value is -1.87. The van der Waals surface area contributed by atoms with Gasteiger partial charge in [0.25, 0.3) is 0 Å². The second-order valence-corrected chi connectivity index (χ2v) is 3.71. The molecule has 16 heavy (non-hydrogen) atoms. The van der Waals surface area contributed by atoms with Gasteiger partial charge in [0.1, 0.15) is 6.23 Å². The molecule has 1 unspecified atom stereocenters. The number of ether oxygens (including phenoxy) is 1. The third-order valence-corrected chi connectivity index (χ3v) is 2.32. The molecule has 0 aliphatic rings. The number of rotatable bonds is 2. The number of fused-ring (bicyclic) bond motifs is 1. The van der Waals surface area contributed by atoms with Gasteiger partial charge in [-0.2, -0.15) is 0 Å². The quantitative estimate of drug-likeness (QED) is 0.458. The second kappa shape index (κ2) is 4.33. The van der Waals surface area contributed by atoms with Crippen molar-refractivity contribution in [2.24, 2.45) is 5.73 Å². The second-order valence-electron chi connectivity index (χ2n) is 3.71. The van der Waals surface area contributed by atoms with Gasteiger partial charge in [0.05, 0.1) is 0 Å². The smallest absolute Gasteiger partial charge is 0.214 e. The molecule has 0 heterocycles. The van der Waals surface area contributed by atoms with Crippen molar-refractivity contribution in [2.75, 3.05) is 0 Å². The van der Waals surface area contributed by atoms with Gasteiger partial charge in [-0.05, 0) is 29.8 Å². The normalized spacial score (nSPS) is 12.4. The first kappa shape index (κ1) is 10.6. The molecule has 3 nitrogen and oxygen atoms in total. The standard InChI is InChI=1S/C13H14N2O/c1-9(14)16-13(15)12-7-6-10-4-2-3-5-11(10)8-12/h2-9,15H,14H2,1H3. The van der Waals surface area contributed by atoms with E-state index in [9.17, 15) is 0 Å². The fraction of sp³-hybridized carbons (Fsp3) is 0.154. The van der Waals surface area contributed by atoms with Gasteiger partial charge in [-0.15, -0.1) is 0 Å². The largest absolute Gasteiger partial charge is 0.459 e. The molecular weight excluding hydrogens is 200 g/mol. The Morgan fingerprint density at radius 2 is 1.88 bits per heavy atom. The molecule has 0 aliphatic heterocycles. The molecule has 2 aromatic carbocycles. The topological polar surface area (TPSA) is 59.1 Å². The summed E-state index contributed by atoms with van der Waals surface area (Å²) in [4.78, 5) is 0. The molecule has 3 heteroatoms. The first-order valence-corrected chi connectivity index (χ1v) is 5.17. The maximum atomic E-state index is 7.73. The van der Waals surface area contributed by atoms with E-state index in [1.54, 1.807) is 6.92 Å². The van der Waals surface area contributed by atoms with E-state index in [0.717, 1.165) is 16.3 Å². The van der Waals surface area contributed by atoms with Crippen LogP contribution in [0.4, 0.5) is 0 Å². The Morgan fingerprint density at radius 1 is 1.19 bits per heavy atom. The van der Waals surface area contributed by atoms with E-state index in [4.69, 9.17) is 15.9 Å². The number of nitrogens with two attached hydrogens (primary N) is 1. The van der Waals surface area contributed by atoms with Crippen LogP contribution < -0.4 is 5.73 Å². The van der Waals surface area contributed by atoms with Crippen LogP contribution in [-0.2, 0) is 4.74 Å². The zero-order valence-electron chi connectivity index (χ0n) is 9.10. The predicted octanol–water partition coefficient (Wildman–Crippen LogP) is 2.49. The maximum absolute atomic E-state index is 7.73. The van der Waals surface area contributed by atoms with Crippen LogP contribution in [0.1, 0.15) is 12.5 Å². The summed E-state index contributed by atoms with van der Waals surface area (Å²) >= 11 is 0. The Morgan fingerprint density at radius 3 is 2.56 bits per heavy atom. The van der Waals surface area contributed by atoms with Gasteiger partial charge < -0.3 is 4.74 Å². The summed E-state index contributed by atoms with van der Waals surface area (Å²) in [6.45, 7) is 1.70. The third-order valence-electron chi connectivity index (χ3n) is 2.32. The molecule has 82 valence electrons. The molecule has 0 bridgehead atoms. The molecule has 3 N–H and O–H groups in total. The van der Waals surface area contributed by atoms with Crippen LogP contribution in [0.25, 0.3) is 10.8 Å². The van der Waals surface area contributed by atoms with Gasteiger partial charge in [0, 0.05) is 5.56 Å². The van der Waals surface area contributed by atoms with E-state index in [-0.39, 0.29) is 5.90 Å². The van der Waals surface area contributed by atoms with E-state index < -0.39 is 6.23 Å². The van der Waals surface area contributed by atoms with Crippen molar-refractivity contribution in [1.29, 1.82) is 5.41 Å². The molecule has 2 aromatic rings. The molecular formula is C13H14N2O. The van der Waals surface area contributed by atoms with Crippen molar-refractivity contribution >= 4 is 16.7 Å². The van der Waals surface area contributed by atoms with Crippen molar-refractivity contribution in [3.8, 4) is 0 Å². The highest BCUT2D eigenvalue weighted by molar-refractivity contribution is 5.96. The van der Waals surface area contributed by atoms with Crippen LogP contribution in [-0.4, -0.2) is 12.1 Å². The van der Waals surface area contributed by atoms with E-state index in [1.165, 1.54) is 0 Å². The average molecular weight is 214 g/mol. The summed E-state index contributed by atoms with van der Waals surface area (Å²) < 4.78 is 5.15. The molecule has 0 amide bonds. The van der Waals surface area contributed by atoms with Gasteiger partial charge >= 0.3 is 0 Å². The minimum absolute atomic E-state index is 0.112. The van der Waals surface area contributed by atoms with Crippen molar-refractivity contribution in [3.63, 3.8) is 0 Å². The highest BCUT2D eigenvalue weighted by Gasteiger charge is 2.05. The van der Waals surface area contributed by atoms with Crippen LogP contribution in [0.3, 0.4) is 0 Å². The summed E-state index contributed by atoms with van der Waals surface area (Å²) in [5.41, 5.74) is 6.23. The number of benzene rings is 2. The molecule has 1 atom stereocenters. The van der Waals surface area contributed by atoms with Crippen LogP contribution in [0.5, 0.6) is 0 Å². The number of hydrogen-bond acceptors (Lipinski definition) is 3. The molecule has 0 saturated heterocycles. The Bertz CT molecular complexity index is 520. The summed E-state index contributed by atoms with van der Waals surface area (Å²) in [5, 5.41) is 9.98. The van der Waals surface area contributed by atoms with Crippen molar-refractivity contribution in [2.45, 2.75) is 13.2 Å². The third kappa shape index (κ3) is 2.20. The van der Waals surface area contributed by atoms with Crippen molar-refractivity contribution in [3.05, 3.63) is 48.0 Å². The van der Waals surface area contributed by atoms with Crippen LogP contribution in [0.2, 0.25) is 0 Å². The lowest BCUT2D eigenvalue weighted by Crippen LogP contribution is -2.23. The van der Waals surface area contributed by atoms with E-state index >= 15 is 0 Å². The first-order chi connectivity index (χ1) is 7.66. The van der Waals surface area contributed by atoms with Gasteiger partial charge in [-0.25, -0.2) is 0 Å².